The fraction of sp³-hybridized carbons (Fsp3) is 0.250. The molecule has 0 aliphatic heterocycles. The molecule has 0 spiro atoms. The summed E-state index contributed by atoms with van der Waals surface area (Å²) >= 11 is 1.13. The molecule has 0 aliphatic rings. The highest BCUT2D eigenvalue weighted by Gasteiger charge is 2.14. The number of ketones is 1. The van der Waals surface area contributed by atoms with Crippen LogP contribution >= 0.6 is 11.3 Å². The third kappa shape index (κ3) is 5.00. The first kappa shape index (κ1) is 16.8. The van der Waals surface area contributed by atoms with Gasteiger partial charge in [0.1, 0.15) is 0 Å². The van der Waals surface area contributed by atoms with Crippen molar-refractivity contribution in [1.29, 1.82) is 0 Å². The standard InChI is InChI=1S/C16H16N2O4S/c1-2-22-15(21)12-10-23-16(17-12)18-14(20)9-8-13(19)11-6-4-3-5-7-11/h3-7,10H,2,8-9H2,1H3,(H,17,18,20). The van der Waals surface area contributed by atoms with Crippen molar-refractivity contribution in [3.8, 4) is 0 Å². The molecule has 6 nitrogen and oxygen atoms in total. The van der Waals surface area contributed by atoms with Crippen LogP contribution in [0.15, 0.2) is 35.7 Å². The monoisotopic (exact) mass is 332 g/mol. The molecule has 0 unspecified atom stereocenters. The summed E-state index contributed by atoms with van der Waals surface area (Å²) in [5.41, 5.74) is 0.742. The Morgan fingerprint density at radius 3 is 2.61 bits per heavy atom. The molecule has 0 saturated carbocycles. The highest BCUT2D eigenvalue weighted by molar-refractivity contribution is 7.14. The first-order valence-electron chi connectivity index (χ1n) is 7.11. The number of ether oxygens (including phenoxy) is 1. The van der Waals surface area contributed by atoms with Crippen LogP contribution in [-0.4, -0.2) is 29.3 Å². The Labute approximate surface area is 137 Å². The summed E-state index contributed by atoms with van der Waals surface area (Å²) in [5, 5.41) is 4.40. The predicted molar refractivity (Wildman–Crippen MR) is 86.7 cm³/mol. The van der Waals surface area contributed by atoms with Crippen LogP contribution in [0.1, 0.15) is 40.6 Å². The van der Waals surface area contributed by atoms with E-state index in [9.17, 15) is 14.4 Å². The molecular weight excluding hydrogens is 316 g/mol. The number of carbonyl (C=O) groups is 3. The number of benzene rings is 1. The summed E-state index contributed by atoms with van der Waals surface area (Å²) in [4.78, 5) is 39.2. The summed E-state index contributed by atoms with van der Waals surface area (Å²) in [6, 6.07) is 8.81. The van der Waals surface area contributed by atoms with Gasteiger partial charge in [-0.25, -0.2) is 9.78 Å². The van der Waals surface area contributed by atoms with E-state index in [1.54, 1.807) is 31.2 Å². The lowest BCUT2D eigenvalue weighted by molar-refractivity contribution is -0.116. The van der Waals surface area contributed by atoms with Gasteiger partial charge in [-0.15, -0.1) is 11.3 Å². The molecule has 2 aromatic rings. The van der Waals surface area contributed by atoms with Crippen molar-refractivity contribution in [3.63, 3.8) is 0 Å². The normalized spacial score (nSPS) is 10.1. The lowest BCUT2D eigenvalue weighted by Crippen LogP contribution is -2.14. The SMILES string of the molecule is CCOC(=O)c1csc(NC(=O)CCC(=O)c2ccccc2)n1. The molecule has 1 N–H and O–H groups in total. The molecule has 120 valence electrons. The summed E-state index contributed by atoms with van der Waals surface area (Å²) in [7, 11) is 0. The highest BCUT2D eigenvalue weighted by atomic mass is 32.1. The minimum atomic E-state index is -0.525. The number of carbonyl (C=O) groups excluding carboxylic acids is 3. The van der Waals surface area contributed by atoms with Gasteiger partial charge in [-0.3, -0.25) is 9.59 Å². The van der Waals surface area contributed by atoms with Crippen molar-refractivity contribution in [2.24, 2.45) is 0 Å². The molecule has 0 atom stereocenters. The summed E-state index contributed by atoms with van der Waals surface area (Å²) in [6.07, 6.45) is 0.175. The Kier molecular flexibility index (Phi) is 5.99. The lowest BCUT2D eigenvalue weighted by atomic mass is 10.1. The van der Waals surface area contributed by atoms with Crippen LogP contribution in [0.3, 0.4) is 0 Å². The zero-order valence-corrected chi connectivity index (χ0v) is 13.4. The lowest BCUT2D eigenvalue weighted by Gasteiger charge is -2.02. The Morgan fingerprint density at radius 1 is 1.17 bits per heavy atom. The Hall–Kier alpha value is -2.54. The topological polar surface area (TPSA) is 85.4 Å². The maximum Gasteiger partial charge on any atom is 0.357 e. The maximum atomic E-state index is 11.9. The molecular formula is C16H16N2O4S. The van der Waals surface area contributed by atoms with E-state index in [0.717, 1.165) is 11.3 Å². The summed E-state index contributed by atoms with van der Waals surface area (Å²) < 4.78 is 4.82. The maximum absolute atomic E-state index is 11.9. The van der Waals surface area contributed by atoms with Crippen LogP contribution in [0.25, 0.3) is 0 Å². The van der Waals surface area contributed by atoms with Gasteiger partial charge in [0.05, 0.1) is 6.61 Å². The first-order chi connectivity index (χ1) is 11.1. The van der Waals surface area contributed by atoms with Gasteiger partial charge in [-0.1, -0.05) is 30.3 Å². The highest BCUT2D eigenvalue weighted by Crippen LogP contribution is 2.16. The zero-order chi connectivity index (χ0) is 16.7. The molecule has 1 aromatic heterocycles. The molecule has 1 aromatic carbocycles. The Balaban J connectivity index is 1.83. The number of nitrogens with one attached hydrogen (secondary N) is 1. The summed E-state index contributed by atoms with van der Waals surface area (Å²) in [6.45, 7) is 1.97. The van der Waals surface area contributed by atoms with Gasteiger partial charge in [-0.05, 0) is 6.92 Å². The molecule has 0 saturated heterocycles. The fourth-order valence-electron chi connectivity index (χ4n) is 1.81. The predicted octanol–water partition coefficient (Wildman–Crippen LogP) is 2.92. The number of hydrogen-bond donors (Lipinski definition) is 1. The second-order valence-electron chi connectivity index (χ2n) is 4.60. The summed E-state index contributed by atoms with van der Waals surface area (Å²) in [5.74, 6) is -0.936. The number of nitrogens with zero attached hydrogens (tertiary/aromatic N) is 1. The molecule has 0 radical (unpaired) electrons. The molecule has 7 heteroatoms. The van der Waals surface area contributed by atoms with Crippen molar-refractivity contribution < 1.29 is 19.1 Å². The van der Waals surface area contributed by atoms with E-state index in [1.165, 1.54) is 5.38 Å². The molecule has 0 fully saturated rings. The van der Waals surface area contributed by atoms with Crippen molar-refractivity contribution in [2.75, 3.05) is 11.9 Å². The van der Waals surface area contributed by atoms with Crippen molar-refractivity contribution >= 4 is 34.1 Å². The minimum absolute atomic E-state index is 0.0576. The Morgan fingerprint density at radius 2 is 1.91 bits per heavy atom. The minimum Gasteiger partial charge on any atom is -0.461 e. The van der Waals surface area contributed by atoms with E-state index in [1.807, 2.05) is 6.07 Å². The number of rotatable bonds is 7. The van der Waals surface area contributed by atoms with Crippen LogP contribution in [0.5, 0.6) is 0 Å². The van der Waals surface area contributed by atoms with E-state index in [0.29, 0.717) is 10.7 Å². The fourth-order valence-corrected chi connectivity index (χ4v) is 2.50. The third-order valence-electron chi connectivity index (χ3n) is 2.91. The van der Waals surface area contributed by atoms with Crippen molar-refractivity contribution in [1.82, 2.24) is 4.98 Å². The molecule has 0 aliphatic carbocycles. The second kappa shape index (κ2) is 8.19. The van der Waals surface area contributed by atoms with Gasteiger partial charge in [-0.2, -0.15) is 0 Å². The second-order valence-corrected chi connectivity index (χ2v) is 5.45. The third-order valence-corrected chi connectivity index (χ3v) is 3.67. The van der Waals surface area contributed by atoms with Crippen LogP contribution in [0.4, 0.5) is 5.13 Å². The van der Waals surface area contributed by atoms with E-state index in [4.69, 9.17) is 4.74 Å². The largest absolute Gasteiger partial charge is 0.461 e. The van der Waals surface area contributed by atoms with E-state index in [-0.39, 0.29) is 36.8 Å². The van der Waals surface area contributed by atoms with E-state index < -0.39 is 5.97 Å². The van der Waals surface area contributed by atoms with Gasteiger partial charge >= 0.3 is 5.97 Å². The van der Waals surface area contributed by atoms with Gasteiger partial charge in [0.25, 0.3) is 0 Å². The quantitative estimate of drug-likeness (QED) is 0.622. The zero-order valence-electron chi connectivity index (χ0n) is 12.6. The van der Waals surface area contributed by atoms with Crippen molar-refractivity contribution in [2.45, 2.75) is 19.8 Å². The smallest absolute Gasteiger partial charge is 0.357 e. The van der Waals surface area contributed by atoms with Gasteiger partial charge in [0.15, 0.2) is 16.6 Å². The van der Waals surface area contributed by atoms with E-state index >= 15 is 0 Å². The number of esters is 1. The van der Waals surface area contributed by atoms with Crippen LogP contribution < -0.4 is 5.32 Å². The number of Topliss-reactive ketones (excluding diaryl/α,β-unsaturated/α-hetero) is 1. The molecule has 2 rings (SSSR count). The van der Waals surface area contributed by atoms with Crippen LogP contribution in [0.2, 0.25) is 0 Å². The first-order valence-corrected chi connectivity index (χ1v) is 7.99. The van der Waals surface area contributed by atoms with Gasteiger partial charge in [0, 0.05) is 23.8 Å². The Bertz CT molecular complexity index is 697. The average molecular weight is 332 g/mol. The molecule has 23 heavy (non-hydrogen) atoms. The number of amides is 1. The van der Waals surface area contributed by atoms with Crippen LogP contribution in [-0.2, 0) is 9.53 Å². The number of anilines is 1. The van der Waals surface area contributed by atoms with Crippen LogP contribution in [0, 0.1) is 0 Å². The molecule has 0 bridgehead atoms. The average Bonchev–Trinajstić information content (AvgIpc) is 3.02. The van der Waals surface area contributed by atoms with Gasteiger partial charge in [0.2, 0.25) is 5.91 Å². The van der Waals surface area contributed by atoms with E-state index in [2.05, 4.69) is 10.3 Å². The number of aromatic nitrogens is 1. The number of thiazole rings is 1. The van der Waals surface area contributed by atoms with Gasteiger partial charge < -0.3 is 10.1 Å². The molecule has 1 heterocycles. The number of hydrogen-bond acceptors (Lipinski definition) is 6. The van der Waals surface area contributed by atoms with Crippen molar-refractivity contribution in [3.05, 3.63) is 47.0 Å². The molecule has 1 amide bonds.